The second kappa shape index (κ2) is 8.06. The van der Waals surface area contributed by atoms with Gasteiger partial charge in [-0.25, -0.2) is 4.79 Å². The summed E-state index contributed by atoms with van der Waals surface area (Å²) in [6.45, 7) is 7.66. The third kappa shape index (κ3) is 5.28. The van der Waals surface area contributed by atoms with Crippen LogP contribution in [0.1, 0.15) is 33.6 Å². The maximum Gasteiger partial charge on any atom is 0.410 e. The molecule has 1 atom stereocenters. The van der Waals surface area contributed by atoms with Gasteiger partial charge in [0, 0.05) is 19.6 Å². The lowest BCUT2D eigenvalue weighted by molar-refractivity contribution is -0.130. The number of amides is 2. The molecule has 0 radical (unpaired) electrons. The first-order chi connectivity index (χ1) is 12.8. The highest BCUT2D eigenvalue weighted by Gasteiger charge is 2.30. The minimum atomic E-state index is -0.637. The van der Waals surface area contributed by atoms with E-state index in [1.54, 1.807) is 11.0 Å². The highest BCUT2D eigenvalue weighted by Crippen LogP contribution is 2.30. The molecule has 7 nitrogen and oxygen atoms in total. The van der Waals surface area contributed by atoms with Crippen molar-refractivity contribution in [2.24, 2.45) is 5.92 Å². The smallest absolute Gasteiger partial charge is 0.410 e. The molecule has 0 aromatic heterocycles. The number of nitrogens with one attached hydrogen (secondary N) is 1. The number of benzene rings is 1. The molecule has 3 rings (SSSR count). The highest BCUT2D eigenvalue weighted by atomic mass is 16.6. The summed E-state index contributed by atoms with van der Waals surface area (Å²) < 4.78 is 16.7. The summed E-state index contributed by atoms with van der Waals surface area (Å²) in [6, 6.07) is 7.33. The predicted molar refractivity (Wildman–Crippen MR) is 99.9 cm³/mol. The van der Waals surface area contributed by atoms with E-state index in [1.165, 1.54) is 0 Å². The normalized spacial score (nSPS) is 20.1. The van der Waals surface area contributed by atoms with Crippen molar-refractivity contribution in [2.75, 3.05) is 26.2 Å². The van der Waals surface area contributed by atoms with Crippen molar-refractivity contribution < 1.29 is 23.8 Å². The Morgan fingerprint density at radius 1 is 1.19 bits per heavy atom. The summed E-state index contributed by atoms with van der Waals surface area (Å²) >= 11 is 0. The Hall–Kier alpha value is -2.44. The van der Waals surface area contributed by atoms with Crippen molar-refractivity contribution >= 4 is 12.0 Å². The summed E-state index contributed by atoms with van der Waals surface area (Å²) in [7, 11) is 0. The number of fused-ring (bicyclic) bond motifs is 1. The first kappa shape index (κ1) is 19.3. The number of piperidine rings is 1. The predicted octanol–water partition coefficient (Wildman–Crippen LogP) is 2.59. The van der Waals surface area contributed by atoms with Crippen LogP contribution in [0.2, 0.25) is 0 Å². The van der Waals surface area contributed by atoms with E-state index in [1.807, 2.05) is 39.0 Å². The monoisotopic (exact) mass is 376 g/mol. The molecule has 1 saturated heterocycles. The van der Waals surface area contributed by atoms with Gasteiger partial charge in [0.1, 0.15) is 12.2 Å². The molecule has 2 aliphatic rings. The standard InChI is InChI=1S/C20H28N2O5/c1-20(2,3)27-19(24)22-10-8-14(9-11-22)12-21-18(23)17-13-25-15-6-4-5-7-16(15)26-17/h4-7,14,17H,8-13H2,1-3H3,(H,21,23). The Morgan fingerprint density at radius 3 is 2.52 bits per heavy atom. The number of carbonyl (C=O) groups excluding carboxylic acids is 2. The molecule has 148 valence electrons. The van der Waals surface area contributed by atoms with E-state index in [0.29, 0.717) is 37.1 Å². The average molecular weight is 376 g/mol. The molecule has 0 spiro atoms. The number of hydrogen-bond acceptors (Lipinski definition) is 5. The van der Waals surface area contributed by atoms with Crippen molar-refractivity contribution in [1.29, 1.82) is 0 Å². The lowest BCUT2D eigenvalue weighted by atomic mass is 9.97. The van der Waals surface area contributed by atoms with Gasteiger partial charge in [-0.05, 0) is 51.7 Å². The number of carbonyl (C=O) groups is 2. The minimum Gasteiger partial charge on any atom is -0.485 e. The van der Waals surface area contributed by atoms with Crippen molar-refractivity contribution in [1.82, 2.24) is 10.2 Å². The topological polar surface area (TPSA) is 77.1 Å². The number of hydrogen-bond donors (Lipinski definition) is 1. The van der Waals surface area contributed by atoms with Crippen LogP contribution in [-0.2, 0) is 9.53 Å². The Labute approximate surface area is 160 Å². The second-order valence-corrected chi connectivity index (χ2v) is 8.02. The Bertz CT molecular complexity index is 677. The molecule has 0 aliphatic carbocycles. The molecule has 2 amide bonds. The molecule has 1 fully saturated rings. The van der Waals surface area contributed by atoms with Crippen LogP contribution in [0, 0.1) is 5.92 Å². The molecule has 27 heavy (non-hydrogen) atoms. The van der Waals surface area contributed by atoms with Gasteiger partial charge in [-0.3, -0.25) is 4.79 Å². The molecule has 7 heteroatoms. The van der Waals surface area contributed by atoms with Gasteiger partial charge in [-0.15, -0.1) is 0 Å². The Balaban J connectivity index is 1.40. The number of nitrogens with zero attached hydrogens (tertiary/aromatic N) is 1. The molecule has 1 N–H and O–H groups in total. The molecular formula is C20H28N2O5. The largest absolute Gasteiger partial charge is 0.485 e. The zero-order valence-electron chi connectivity index (χ0n) is 16.2. The fourth-order valence-corrected chi connectivity index (χ4v) is 3.15. The molecular weight excluding hydrogens is 348 g/mol. The van der Waals surface area contributed by atoms with E-state index in [2.05, 4.69) is 5.32 Å². The maximum atomic E-state index is 12.4. The molecule has 1 unspecified atom stereocenters. The number of ether oxygens (including phenoxy) is 3. The number of rotatable bonds is 3. The van der Waals surface area contributed by atoms with Crippen molar-refractivity contribution in [2.45, 2.75) is 45.3 Å². The Morgan fingerprint density at radius 2 is 1.85 bits per heavy atom. The van der Waals surface area contributed by atoms with Gasteiger partial charge in [0.2, 0.25) is 6.10 Å². The molecule has 2 aliphatic heterocycles. The number of likely N-dealkylation sites (tertiary alicyclic amines) is 1. The van der Waals surface area contributed by atoms with Crippen LogP contribution in [-0.4, -0.2) is 54.8 Å². The van der Waals surface area contributed by atoms with Gasteiger partial charge in [0.15, 0.2) is 11.5 Å². The van der Waals surface area contributed by atoms with Gasteiger partial charge >= 0.3 is 6.09 Å². The third-order valence-corrected chi connectivity index (χ3v) is 4.63. The van der Waals surface area contributed by atoms with Gasteiger partial charge in [-0.1, -0.05) is 12.1 Å². The molecule has 1 aromatic carbocycles. The molecule has 0 bridgehead atoms. The van der Waals surface area contributed by atoms with Gasteiger partial charge < -0.3 is 24.4 Å². The van der Waals surface area contributed by atoms with E-state index in [9.17, 15) is 9.59 Å². The molecule has 0 saturated carbocycles. The van der Waals surface area contributed by atoms with E-state index in [0.717, 1.165) is 12.8 Å². The van der Waals surface area contributed by atoms with Crippen LogP contribution in [0.5, 0.6) is 11.5 Å². The minimum absolute atomic E-state index is 0.168. The summed E-state index contributed by atoms with van der Waals surface area (Å²) in [6.07, 6.45) is 0.771. The fraction of sp³-hybridized carbons (Fsp3) is 0.600. The zero-order valence-corrected chi connectivity index (χ0v) is 16.2. The summed E-state index contributed by atoms with van der Waals surface area (Å²) in [5.74, 6) is 1.43. The molecule has 1 aromatic rings. The highest BCUT2D eigenvalue weighted by molar-refractivity contribution is 5.81. The molecule has 2 heterocycles. The van der Waals surface area contributed by atoms with Crippen molar-refractivity contribution in [3.8, 4) is 11.5 Å². The van der Waals surface area contributed by atoms with Crippen LogP contribution in [0.3, 0.4) is 0 Å². The van der Waals surface area contributed by atoms with Crippen molar-refractivity contribution in [3.05, 3.63) is 24.3 Å². The van der Waals surface area contributed by atoms with Crippen LogP contribution in [0.4, 0.5) is 4.79 Å². The second-order valence-electron chi connectivity index (χ2n) is 8.02. The van der Waals surface area contributed by atoms with E-state index in [-0.39, 0.29) is 18.6 Å². The van der Waals surface area contributed by atoms with Crippen LogP contribution in [0.15, 0.2) is 24.3 Å². The van der Waals surface area contributed by atoms with Crippen LogP contribution < -0.4 is 14.8 Å². The first-order valence-corrected chi connectivity index (χ1v) is 9.46. The number of para-hydroxylation sites is 2. The summed E-state index contributed by atoms with van der Waals surface area (Å²) in [5, 5.41) is 2.96. The van der Waals surface area contributed by atoms with Crippen LogP contribution >= 0.6 is 0 Å². The van der Waals surface area contributed by atoms with E-state index >= 15 is 0 Å². The lowest BCUT2D eigenvalue weighted by Crippen LogP contribution is -2.47. The van der Waals surface area contributed by atoms with E-state index < -0.39 is 11.7 Å². The van der Waals surface area contributed by atoms with E-state index in [4.69, 9.17) is 14.2 Å². The lowest BCUT2D eigenvalue weighted by Gasteiger charge is -2.33. The van der Waals surface area contributed by atoms with Gasteiger partial charge in [0.25, 0.3) is 5.91 Å². The summed E-state index contributed by atoms with van der Waals surface area (Å²) in [4.78, 5) is 26.2. The SMILES string of the molecule is CC(C)(C)OC(=O)N1CCC(CNC(=O)C2COc3ccccc3O2)CC1. The fourth-order valence-electron chi connectivity index (χ4n) is 3.15. The Kier molecular flexibility index (Phi) is 5.77. The maximum absolute atomic E-state index is 12.4. The average Bonchev–Trinajstić information content (AvgIpc) is 2.64. The first-order valence-electron chi connectivity index (χ1n) is 9.46. The quantitative estimate of drug-likeness (QED) is 0.877. The van der Waals surface area contributed by atoms with Gasteiger partial charge in [0.05, 0.1) is 0 Å². The zero-order chi connectivity index (χ0) is 19.4. The van der Waals surface area contributed by atoms with Crippen LogP contribution in [0.25, 0.3) is 0 Å². The summed E-state index contributed by atoms with van der Waals surface area (Å²) in [5.41, 5.74) is -0.484. The third-order valence-electron chi connectivity index (χ3n) is 4.63. The van der Waals surface area contributed by atoms with Gasteiger partial charge in [-0.2, -0.15) is 0 Å². The van der Waals surface area contributed by atoms with Crippen molar-refractivity contribution in [3.63, 3.8) is 0 Å².